The van der Waals surface area contributed by atoms with Gasteiger partial charge in [0.1, 0.15) is 0 Å². The Kier molecular flexibility index (Phi) is 4.28. The first-order valence-corrected chi connectivity index (χ1v) is 9.40. The lowest BCUT2D eigenvalue weighted by Crippen LogP contribution is -2.52. The van der Waals surface area contributed by atoms with Crippen molar-refractivity contribution in [3.05, 3.63) is 12.2 Å². The third-order valence-corrected chi connectivity index (χ3v) is 9.01. The number of thiol groups is 2. The second-order valence-corrected chi connectivity index (χ2v) is 9.33. The molecule has 0 heterocycles. The third kappa shape index (κ3) is 2.18. The van der Waals surface area contributed by atoms with Gasteiger partial charge in [0.2, 0.25) is 0 Å². The lowest BCUT2D eigenvalue weighted by molar-refractivity contribution is -0.0859. The average Bonchev–Trinajstić information content (AvgIpc) is 2.74. The molecule has 119 valence electrons. The van der Waals surface area contributed by atoms with Gasteiger partial charge in [-0.1, -0.05) is 26.0 Å². The van der Waals surface area contributed by atoms with Gasteiger partial charge in [-0.15, -0.1) is 13.5 Å². The van der Waals surface area contributed by atoms with Crippen molar-refractivity contribution in [3.63, 3.8) is 0 Å². The van der Waals surface area contributed by atoms with Crippen LogP contribution in [0.5, 0.6) is 0 Å². The highest BCUT2D eigenvalue weighted by Gasteiger charge is 2.58. The van der Waals surface area contributed by atoms with Gasteiger partial charge >= 0.3 is 0 Å². The van der Waals surface area contributed by atoms with Crippen LogP contribution in [-0.4, -0.2) is 5.25 Å². The van der Waals surface area contributed by atoms with Crippen LogP contribution in [0.2, 0.25) is 0 Å². The first-order valence-electron chi connectivity index (χ1n) is 8.89. The summed E-state index contributed by atoms with van der Waals surface area (Å²) in [6.07, 6.45) is 16.4. The molecule has 7 atom stereocenters. The highest BCUT2D eigenvalue weighted by atomic mass is 32.1. The standard InChI is InChI=1S/C19H30S.HS/c1-18-11-4-3-5-13(18)6-7-14-15-8-9-17(20)19(15,2)12-10-16(14)18;/h3-4,13-17,20H,5-12H2,1-2H3;1H/t13?,14-,15-,16-,17?,18-,19-;/m0./s1. The predicted octanol–water partition coefficient (Wildman–Crippen LogP) is 5.87. The fourth-order valence-corrected chi connectivity index (χ4v) is 7.28. The summed E-state index contributed by atoms with van der Waals surface area (Å²) < 4.78 is 0. The van der Waals surface area contributed by atoms with Crippen LogP contribution in [0, 0.1) is 34.5 Å². The fourth-order valence-electron chi connectivity index (χ4n) is 6.81. The number of allylic oxidation sites excluding steroid dienone is 2. The Morgan fingerprint density at radius 1 is 0.905 bits per heavy atom. The molecule has 0 bridgehead atoms. The summed E-state index contributed by atoms with van der Waals surface area (Å²) in [6.45, 7) is 5.20. The van der Waals surface area contributed by atoms with E-state index >= 15 is 0 Å². The molecule has 4 rings (SSSR count). The zero-order valence-corrected chi connectivity index (χ0v) is 15.4. The molecule has 2 unspecified atom stereocenters. The Hall–Kier alpha value is 0.440. The van der Waals surface area contributed by atoms with E-state index in [-0.39, 0.29) is 13.5 Å². The molecule has 0 N–H and O–H groups in total. The molecule has 0 spiro atoms. The maximum absolute atomic E-state index is 4.96. The molecule has 3 fully saturated rings. The average molecular weight is 324 g/mol. The van der Waals surface area contributed by atoms with Crippen LogP contribution in [0.4, 0.5) is 0 Å². The molecule has 0 aromatic rings. The van der Waals surface area contributed by atoms with E-state index in [0.717, 1.165) is 23.7 Å². The first-order chi connectivity index (χ1) is 9.56. The summed E-state index contributed by atoms with van der Waals surface area (Å²) in [5.41, 5.74) is 1.17. The van der Waals surface area contributed by atoms with Crippen molar-refractivity contribution in [1.29, 1.82) is 0 Å². The normalized spacial score (nSPS) is 55.1. The Bertz CT molecular complexity index is 431. The maximum atomic E-state index is 4.96. The molecular formula is C19H31S2. The van der Waals surface area contributed by atoms with Gasteiger partial charge in [-0.25, -0.2) is 0 Å². The Morgan fingerprint density at radius 3 is 2.48 bits per heavy atom. The van der Waals surface area contributed by atoms with Gasteiger partial charge in [-0.05, 0) is 85.9 Å². The number of hydrogen-bond donors (Lipinski definition) is 2. The van der Waals surface area contributed by atoms with Crippen molar-refractivity contribution in [1.82, 2.24) is 0 Å². The topological polar surface area (TPSA) is 0 Å². The van der Waals surface area contributed by atoms with Crippen molar-refractivity contribution in [3.8, 4) is 0 Å². The molecule has 0 saturated heterocycles. The SMILES string of the molecule is C[C@]12CC=CCC1CC[C@@H]1[C@@H]2CC[C@]2(C)C(S)CC[C@@H]12.[SH]. The van der Waals surface area contributed by atoms with Gasteiger partial charge < -0.3 is 0 Å². The molecule has 1 radical (unpaired) electrons. The molecule has 21 heavy (non-hydrogen) atoms. The summed E-state index contributed by atoms with van der Waals surface area (Å²) >= 11 is 4.96. The van der Waals surface area contributed by atoms with E-state index in [1.54, 1.807) is 0 Å². The van der Waals surface area contributed by atoms with Gasteiger partial charge in [0.05, 0.1) is 0 Å². The quantitative estimate of drug-likeness (QED) is 0.404. The van der Waals surface area contributed by atoms with Crippen LogP contribution in [0.15, 0.2) is 12.2 Å². The summed E-state index contributed by atoms with van der Waals surface area (Å²) in [7, 11) is 0. The van der Waals surface area contributed by atoms with Gasteiger partial charge in [0.25, 0.3) is 0 Å². The van der Waals surface area contributed by atoms with Gasteiger partial charge in [-0.3, -0.25) is 0 Å². The smallest absolute Gasteiger partial charge is 0.00735 e. The summed E-state index contributed by atoms with van der Waals surface area (Å²) in [5, 5.41) is 0.672. The highest BCUT2D eigenvalue weighted by molar-refractivity contribution is 7.81. The molecule has 0 aromatic heterocycles. The minimum atomic E-state index is 0. The van der Waals surface area contributed by atoms with E-state index in [2.05, 4.69) is 26.0 Å². The van der Waals surface area contributed by atoms with Crippen molar-refractivity contribution in [2.75, 3.05) is 0 Å². The summed E-state index contributed by atoms with van der Waals surface area (Å²) in [5.74, 6) is 3.97. The van der Waals surface area contributed by atoms with Gasteiger partial charge in [-0.2, -0.15) is 12.6 Å². The molecule has 0 amide bonds. The Balaban J connectivity index is 0.00000132. The number of rotatable bonds is 0. The van der Waals surface area contributed by atoms with Crippen molar-refractivity contribution >= 4 is 26.1 Å². The minimum Gasteiger partial charge on any atom is -0.175 e. The van der Waals surface area contributed by atoms with E-state index in [4.69, 9.17) is 12.6 Å². The molecule has 4 aliphatic carbocycles. The van der Waals surface area contributed by atoms with E-state index in [1.165, 1.54) is 51.4 Å². The summed E-state index contributed by atoms with van der Waals surface area (Å²) in [6, 6.07) is 0. The maximum Gasteiger partial charge on any atom is 0.00735 e. The lowest BCUT2D eigenvalue weighted by Gasteiger charge is -2.59. The van der Waals surface area contributed by atoms with Crippen LogP contribution in [0.25, 0.3) is 0 Å². The van der Waals surface area contributed by atoms with Gasteiger partial charge in [0.15, 0.2) is 0 Å². The third-order valence-electron chi connectivity index (χ3n) is 8.16. The van der Waals surface area contributed by atoms with Crippen LogP contribution in [-0.2, 0) is 0 Å². The fraction of sp³-hybridized carbons (Fsp3) is 0.895. The number of hydrogen-bond acceptors (Lipinski definition) is 1. The molecular weight excluding hydrogens is 292 g/mol. The molecule has 4 aliphatic rings. The Morgan fingerprint density at radius 2 is 1.67 bits per heavy atom. The van der Waals surface area contributed by atoms with E-state index < -0.39 is 0 Å². The minimum absolute atomic E-state index is 0. The zero-order chi connectivity index (χ0) is 14.0. The zero-order valence-electron chi connectivity index (χ0n) is 13.6. The van der Waals surface area contributed by atoms with Crippen LogP contribution in [0.1, 0.15) is 65.2 Å². The lowest BCUT2D eigenvalue weighted by atomic mass is 9.46. The largest absolute Gasteiger partial charge is 0.175 e. The predicted molar refractivity (Wildman–Crippen MR) is 98.0 cm³/mol. The molecule has 0 nitrogen and oxygen atoms in total. The summed E-state index contributed by atoms with van der Waals surface area (Å²) in [4.78, 5) is 0. The highest BCUT2D eigenvalue weighted by Crippen LogP contribution is 2.66. The molecule has 3 saturated carbocycles. The monoisotopic (exact) mass is 323 g/mol. The Labute approximate surface area is 143 Å². The van der Waals surface area contributed by atoms with Crippen molar-refractivity contribution < 1.29 is 0 Å². The van der Waals surface area contributed by atoms with Crippen LogP contribution >= 0.6 is 26.1 Å². The van der Waals surface area contributed by atoms with E-state index in [9.17, 15) is 0 Å². The second kappa shape index (κ2) is 5.51. The second-order valence-electron chi connectivity index (χ2n) is 8.71. The van der Waals surface area contributed by atoms with Crippen LogP contribution in [0.3, 0.4) is 0 Å². The number of fused-ring (bicyclic) bond motifs is 5. The van der Waals surface area contributed by atoms with E-state index in [1.807, 2.05) is 0 Å². The van der Waals surface area contributed by atoms with Gasteiger partial charge in [0, 0.05) is 5.25 Å². The molecule has 0 aromatic carbocycles. The van der Waals surface area contributed by atoms with Crippen molar-refractivity contribution in [2.24, 2.45) is 34.5 Å². The first kappa shape index (κ1) is 16.3. The van der Waals surface area contributed by atoms with E-state index in [0.29, 0.717) is 16.1 Å². The van der Waals surface area contributed by atoms with Crippen LogP contribution < -0.4 is 0 Å². The molecule has 2 heteroatoms. The van der Waals surface area contributed by atoms with Crippen molar-refractivity contribution in [2.45, 2.75) is 70.5 Å². The molecule has 0 aliphatic heterocycles.